The molecular formula is C17H30N2. The molecule has 0 aromatic rings. The van der Waals surface area contributed by atoms with E-state index in [0.717, 1.165) is 42.1 Å². The SMILES string of the molecule is NCC1CCN(CCC2C3CC4CC(C3)CC2C4)C1. The summed E-state index contributed by atoms with van der Waals surface area (Å²) in [6.45, 7) is 4.86. The predicted molar refractivity (Wildman–Crippen MR) is 78.8 cm³/mol. The van der Waals surface area contributed by atoms with Crippen molar-refractivity contribution in [3.8, 4) is 0 Å². The van der Waals surface area contributed by atoms with Gasteiger partial charge in [0.25, 0.3) is 0 Å². The molecule has 4 bridgehead atoms. The standard InChI is InChI=1S/C17H30N2/c18-10-12-1-3-19(11-12)4-2-17-15-6-13-5-14(8-15)9-16(17)7-13/h12-17H,1-11,18H2. The summed E-state index contributed by atoms with van der Waals surface area (Å²) in [5, 5.41) is 0. The zero-order valence-electron chi connectivity index (χ0n) is 12.3. The van der Waals surface area contributed by atoms with Gasteiger partial charge in [-0.3, -0.25) is 0 Å². The maximum atomic E-state index is 5.80. The number of hydrogen-bond acceptors (Lipinski definition) is 2. The highest BCUT2D eigenvalue weighted by molar-refractivity contribution is 4.98. The van der Waals surface area contributed by atoms with Crippen molar-refractivity contribution >= 4 is 0 Å². The van der Waals surface area contributed by atoms with Gasteiger partial charge in [-0.1, -0.05) is 0 Å². The van der Waals surface area contributed by atoms with Crippen LogP contribution in [0.1, 0.15) is 44.9 Å². The van der Waals surface area contributed by atoms with E-state index in [9.17, 15) is 0 Å². The van der Waals surface area contributed by atoms with E-state index in [1.807, 2.05) is 0 Å². The van der Waals surface area contributed by atoms with E-state index in [-0.39, 0.29) is 0 Å². The Hall–Kier alpha value is -0.0800. The normalized spacial score (nSPS) is 49.1. The average Bonchev–Trinajstić information content (AvgIpc) is 2.85. The second-order valence-electron chi connectivity index (χ2n) is 8.07. The minimum atomic E-state index is 0.790. The van der Waals surface area contributed by atoms with Crippen LogP contribution in [0.15, 0.2) is 0 Å². The van der Waals surface area contributed by atoms with Crippen LogP contribution in [0.4, 0.5) is 0 Å². The number of nitrogens with zero attached hydrogens (tertiary/aromatic N) is 1. The first-order valence-corrected chi connectivity index (χ1v) is 8.74. The van der Waals surface area contributed by atoms with Gasteiger partial charge in [0, 0.05) is 6.54 Å². The first kappa shape index (κ1) is 12.6. The van der Waals surface area contributed by atoms with E-state index >= 15 is 0 Å². The molecule has 1 heterocycles. The fourth-order valence-corrected chi connectivity index (χ4v) is 6.15. The number of nitrogens with two attached hydrogens (primary N) is 1. The van der Waals surface area contributed by atoms with Gasteiger partial charge >= 0.3 is 0 Å². The summed E-state index contributed by atoms with van der Waals surface area (Å²) < 4.78 is 0. The molecule has 5 rings (SSSR count). The van der Waals surface area contributed by atoms with Gasteiger partial charge in [-0.05, 0) is 100 Å². The van der Waals surface area contributed by atoms with Crippen molar-refractivity contribution in [1.29, 1.82) is 0 Å². The van der Waals surface area contributed by atoms with Crippen LogP contribution in [0.5, 0.6) is 0 Å². The number of hydrogen-bond donors (Lipinski definition) is 1. The van der Waals surface area contributed by atoms with Gasteiger partial charge in [0.05, 0.1) is 0 Å². The summed E-state index contributed by atoms with van der Waals surface area (Å²) in [4.78, 5) is 2.70. The highest BCUT2D eigenvalue weighted by atomic mass is 15.1. The summed E-state index contributed by atoms with van der Waals surface area (Å²) in [6.07, 6.45) is 10.8. The molecule has 2 N–H and O–H groups in total. The number of rotatable bonds is 4. The van der Waals surface area contributed by atoms with Gasteiger partial charge in [-0.2, -0.15) is 0 Å². The molecule has 1 aliphatic heterocycles. The lowest BCUT2D eigenvalue weighted by atomic mass is 9.51. The minimum absolute atomic E-state index is 0.790. The van der Waals surface area contributed by atoms with E-state index in [1.165, 1.54) is 32.5 Å². The van der Waals surface area contributed by atoms with Crippen molar-refractivity contribution in [3.05, 3.63) is 0 Å². The number of likely N-dealkylation sites (tertiary alicyclic amines) is 1. The molecule has 0 aromatic heterocycles. The summed E-state index contributed by atoms with van der Waals surface area (Å²) in [6, 6.07) is 0. The van der Waals surface area contributed by atoms with E-state index in [2.05, 4.69) is 4.90 Å². The van der Waals surface area contributed by atoms with E-state index in [1.54, 1.807) is 32.1 Å². The Balaban J connectivity index is 1.31. The molecule has 0 radical (unpaired) electrons. The van der Waals surface area contributed by atoms with Crippen LogP contribution in [0.3, 0.4) is 0 Å². The van der Waals surface area contributed by atoms with Crippen molar-refractivity contribution in [3.63, 3.8) is 0 Å². The van der Waals surface area contributed by atoms with Crippen LogP contribution >= 0.6 is 0 Å². The molecule has 4 aliphatic carbocycles. The van der Waals surface area contributed by atoms with Gasteiger partial charge in [0.15, 0.2) is 0 Å². The van der Waals surface area contributed by atoms with Gasteiger partial charge in [-0.15, -0.1) is 0 Å². The second-order valence-corrected chi connectivity index (χ2v) is 8.07. The third-order valence-electron chi connectivity index (χ3n) is 6.90. The van der Waals surface area contributed by atoms with Crippen LogP contribution in [0.25, 0.3) is 0 Å². The van der Waals surface area contributed by atoms with Crippen LogP contribution < -0.4 is 5.73 Å². The molecule has 1 unspecified atom stereocenters. The molecule has 0 spiro atoms. The first-order chi connectivity index (χ1) is 9.31. The monoisotopic (exact) mass is 262 g/mol. The molecule has 2 heteroatoms. The molecule has 4 saturated carbocycles. The zero-order chi connectivity index (χ0) is 12.8. The van der Waals surface area contributed by atoms with Crippen molar-refractivity contribution in [2.75, 3.05) is 26.2 Å². The largest absolute Gasteiger partial charge is 0.330 e. The van der Waals surface area contributed by atoms with Crippen molar-refractivity contribution in [1.82, 2.24) is 4.90 Å². The van der Waals surface area contributed by atoms with Crippen molar-refractivity contribution in [2.24, 2.45) is 41.2 Å². The Labute approximate surface area is 118 Å². The summed E-state index contributed by atoms with van der Waals surface area (Å²) >= 11 is 0. The molecule has 19 heavy (non-hydrogen) atoms. The van der Waals surface area contributed by atoms with Crippen LogP contribution in [0.2, 0.25) is 0 Å². The Morgan fingerprint density at radius 1 is 0.947 bits per heavy atom. The highest BCUT2D eigenvalue weighted by Gasteiger charge is 2.47. The molecule has 1 saturated heterocycles. The van der Waals surface area contributed by atoms with E-state index in [4.69, 9.17) is 5.73 Å². The van der Waals surface area contributed by atoms with Gasteiger partial charge in [0.1, 0.15) is 0 Å². The molecular weight excluding hydrogens is 232 g/mol. The third kappa shape index (κ3) is 2.35. The minimum Gasteiger partial charge on any atom is -0.330 e. The van der Waals surface area contributed by atoms with Crippen LogP contribution in [0, 0.1) is 35.5 Å². The molecule has 108 valence electrons. The van der Waals surface area contributed by atoms with Gasteiger partial charge in [-0.25, -0.2) is 0 Å². The smallest absolute Gasteiger partial charge is 0.00222 e. The van der Waals surface area contributed by atoms with Crippen molar-refractivity contribution < 1.29 is 0 Å². The maximum absolute atomic E-state index is 5.80. The highest BCUT2D eigenvalue weighted by Crippen LogP contribution is 2.57. The summed E-state index contributed by atoms with van der Waals surface area (Å²) in [7, 11) is 0. The predicted octanol–water partition coefficient (Wildman–Crippen LogP) is 2.73. The molecule has 5 fully saturated rings. The van der Waals surface area contributed by atoms with Crippen LogP contribution in [-0.4, -0.2) is 31.1 Å². The lowest BCUT2D eigenvalue weighted by Crippen LogP contribution is -2.45. The Morgan fingerprint density at radius 3 is 2.21 bits per heavy atom. The van der Waals surface area contributed by atoms with E-state index < -0.39 is 0 Å². The fourth-order valence-electron chi connectivity index (χ4n) is 6.15. The van der Waals surface area contributed by atoms with Crippen molar-refractivity contribution in [2.45, 2.75) is 44.9 Å². The molecule has 5 aliphatic rings. The fraction of sp³-hybridized carbons (Fsp3) is 1.00. The summed E-state index contributed by atoms with van der Waals surface area (Å²) in [5.74, 6) is 6.37. The first-order valence-electron chi connectivity index (χ1n) is 8.74. The Morgan fingerprint density at radius 2 is 1.63 bits per heavy atom. The maximum Gasteiger partial charge on any atom is 0.00222 e. The quantitative estimate of drug-likeness (QED) is 0.844. The lowest BCUT2D eigenvalue weighted by Gasteiger charge is -2.54. The van der Waals surface area contributed by atoms with E-state index in [0.29, 0.717) is 0 Å². The zero-order valence-corrected chi connectivity index (χ0v) is 12.3. The van der Waals surface area contributed by atoms with Crippen LogP contribution in [-0.2, 0) is 0 Å². The third-order valence-corrected chi connectivity index (χ3v) is 6.90. The summed E-state index contributed by atoms with van der Waals surface area (Å²) in [5.41, 5.74) is 5.80. The molecule has 0 aromatic carbocycles. The van der Waals surface area contributed by atoms with Gasteiger partial charge < -0.3 is 10.6 Å². The average molecular weight is 262 g/mol. The van der Waals surface area contributed by atoms with Gasteiger partial charge in [0.2, 0.25) is 0 Å². The topological polar surface area (TPSA) is 29.3 Å². The lowest BCUT2D eigenvalue weighted by molar-refractivity contribution is -0.0421. The molecule has 2 nitrogen and oxygen atoms in total. The Bertz CT molecular complexity index is 299. The molecule has 1 atom stereocenters. The second kappa shape index (κ2) is 5.04. The Kier molecular flexibility index (Phi) is 3.35. The molecule has 0 amide bonds.